The van der Waals surface area contributed by atoms with E-state index in [0.717, 1.165) is 25.8 Å². The maximum Gasteiger partial charge on any atom is 0.415 e. The van der Waals surface area contributed by atoms with Gasteiger partial charge in [0.1, 0.15) is 0 Å². The SMILES string of the molecule is C=CCc1c2ccccc2c(Br)c[n+]1C(=O)C(C)N1C(=O)c2ccccc2C1=O. The molecule has 0 spiro atoms. The second kappa shape index (κ2) is 7.37. The molecule has 0 N–H and O–H groups in total. The monoisotopic (exact) mass is 449 g/mol. The number of rotatable bonds is 4. The van der Waals surface area contributed by atoms with E-state index in [0.29, 0.717) is 17.5 Å². The van der Waals surface area contributed by atoms with Crippen molar-refractivity contribution in [1.29, 1.82) is 0 Å². The van der Waals surface area contributed by atoms with Gasteiger partial charge in [0.25, 0.3) is 11.8 Å². The number of hydrogen-bond acceptors (Lipinski definition) is 3. The molecule has 0 saturated carbocycles. The first-order valence-corrected chi connectivity index (χ1v) is 9.98. The van der Waals surface area contributed by atoms with Gasteiger partial charge in [0.2, 0.25) is 5.69 Å². The summed E-state index contributed by atoms with van der Waals surface area (Å²) in [6, 6.07) is 13.4. The third-order valence-corrected chi connectivity index (χ3v) is 5.81. The van der Waals surface area contributed by atoms with Crippen LogP contribution >= 0.6 is 15.9 Å². The Kier molecular flexibility index (Phi) is 4.88. The summed E-state index contributed by atoms with van der Waals surface area (Å²) in [6.07, 6.45) is 3.89. The number of imide groups is 1. The van der Waals surface area contributed by atoms with Gasteiger partial charge in [-0.2, -0.15) is 0 Å². The van der Waals surface area contributed by atoms with Gasteiger partial charge in [-0.1, -0.05) is 36.4 Å². The van der Waals surface area contributed by atoms with Crippen molar-refractivity contribution in [2.45, 2.75) is 19.4 Å². The van der Waals surface area contributed by atoms with Crippen LogP contribution in [0, 0.1) is 0 Å². The normalized spacial score (nSPS) is 14.2. The molecule has 29 heavy (non-hydrogen) atoms. The van der Waals surface area contributed by atoms with E-state index < -0.39 is 17.9 Å². The minimum atomic E-state index is -0.955. The van der Waals surface area contributed by atoms with E-state index >= 15 is 0 Å². The summed E-state index contributed by atoms with van der Waals surface area (Å²) in [5.41, 5.74) is 1.41. The summed E-state index contributed by atoms with van der Waals surface area (Å²) in [6.45, 7) is 5.39. The van der Waals surface area contributed by atoms with Crippen molar-refractivity contribution >= 4 is 44.4 Å². The molecular formula is C23H18BrN2O3+. The third-order valence-electron chi connectivity index (χ3n) is 5.17. The van der Waals surface area contributed by atoms with Gasteiger partial charge in [-0.25, -0.2) is 4.79 Å². The Labute approximate surface area is 176 Å². The van der Waals surface area contributed by atoms with Crippen LogP contribution in [0.5, 0.6) is 0 Å². The molecule has 2 heterocycles. The van der Waals surface area contributed by atoms with Crippen LogP contribution in [0.15, 0.2) is 71.9 Å². The maximum absolute atomic E-state index is 13.4. The molecule has 144 valence electrons. The first-order valence-electron chi connectivity index (χ1n) is 9.19. The van der Waals surface area contributed by atoms with Crippen LogP contribution in [0.1, 0.15) is 38.1 Å². The van der Waals surface area contributed by atoms with Gasteiger partial charge in [-0.3, -0.25) is 14.5 Å². The number of fused-ring (bicyclic) bond motifs is 2. The summed E-state index contributed by atoms with van der Waals surface area (Å²) in [4.78, 5) is 40.1. The molecule has 0 radical (unpaired) electrons. The average Bonchev–Trinajstić information content (AvgIpc) is 2.99. The largest absolute Gasteiger partial charge is 0.415 e. The van der Waals surface area contributed by atoms with Crippen LogP contribution in [0.4, 0.5) is 0 Å². The Morgan fingerprint density at radius 1 is 1.07 bits per heavy atom. The highest BCUT2D eigenvalue weighted by Gasteiger charge is 2.44. The molecule has 0 aliphatic carbocycles. The van der Waals surface area contributed by atoms with Gasteiger partial charge >= 0.3 is 5.91 Å². The summed E-state index contributed by atoms with van der Waals surface area (Å²) >= 11 is 3.53. The lowest BCUT2D eigenvalue weighted by molar-refractivity contribution is -0.583. The fraction of sp³-hybridized carbons (Fsp3) is 0.130. The highest BCUT2D eigenvalue weighted by Crippen LogP contribution is 2.27. The van der Waals surface area contributed by atoms with E-state index in [9.17, 15) is 14.4 Å². The summed E-state index contributed by atoms with van der Waals surface area (Å²) in [5.74, 6) is -1.25. The topological polar surface area (TPSA) is 58.3 Å². The number of halogens is 1. The Hall–Kier alpha value is -3.12. The molecule has 1 aromatic heterocycles. The van der Waals surface area contributed by atoms with Crippen molar-refractivity contribution in [3.8, 4) is 0 Å². The smallest absolute Gasteiger partial charge is 0.269 e. The maximum atomic E-state index is 13.4. The molecule has 1 aliphatic heterocycles. The predicted octanol–water partition coefficient (Wildman–Crippen LogP) is 3.94. The first-order chi connectivity index (χ1) is 14.0. The summed E-state index contributed by atoms with van der Waals surface area (Å²) in [5, 5.41) is 1.88. The van der Waals surface area contributed by atoms with E-state index in [-0.39, 0.29) is 5.91 Å². The van der Waals surface area contributed by atoms with Crippen LogP contribution in [0.2, 0.25) is 0 Å². The van der Waals surface area contributed by atoms with Crippen molar-refractivity contribution in [2.75, 3.05) is 0 Å². The fourth-order valence-electron chi connectivity index (χ4n) is 3.75. The number of aromatic nitrogens is 1. The molecule has 2 aromatic carbocycles. The highest BCUT2D eigenvalue weighted by molar-refractivity contribution is 9.10. The lowest BCUT2D eigenvalue weighted by Crippen LogP contribution is -2.57. The number of benzene rings is 2. The average molecular weight is 450 g/mol. The Morgan fingerprint density at radius 2 is 1.62 bits per heavy atom. The number of nitrogens with zero attached hydrogens (tertiary/aromatic N) is 2. The molecule has 1 atom stereocenters. The van der Waals surface area contributed by atoms with Gasteiger partial charge in [-0.15, -0.1) is 11.1 Å². The van der Waals surface area contributed by atoms with Gasteiger partial charge in [-0.05, 0) is 41.1 Å². The van der Waals surface area contributed by atoms with Crippen LogP contribution in [0.3, 0.4) is 0 Å². The Bertz CT molecular complexity index is 1170. The number of allylic oxidation sites excluding steroid dienone is 1. The number of amides is 2. The minimum Gasteiger partial charge on any atom is -0.269 e. The van der Waals surface area contributed by atoms with Gasteiger partial charge in [0.15, 0.2) is 12.2 Å². The Morgan fingerprint density at radius 3 is 2.21 bits per heavy atom. The van der Waals surface area contributed by atoms with E-state index in [1.807, 2.05) is 24.3 Å². The third kappa shape index (κ3) is 3.00. The standard InChI is InChI=1S/C23H18BrN2O3/c1-3-8-20-16-10-5-4-9-15(16)19(24)13-25(20)21(27)14(2)26-22(28)17-11-6-7-12-18(17)23(26)29/h3-7,9-14H,1,8H2,2H3/q+1. The van der Waals surface area contributed by atoms with E-state index in [2.05, 4.69) is 22.5 Å². The zero-order valence-corrected chi connectivity index (χ0v) is 17.3. The van der Waals surface area contributed by atoms with Gasteiger partial charge in [0, 0.05) is 5.39 Å². The summed E-state index contributed by atoms with van der Waals surface area (Å²) < 4.78 is 2.27. The van der Waals surface area contributed by atoms with Crippen LogP contribution in [-0.2, 0) is 6.42 Å². The van der Waals surface area contributed by atoms with Crippen LogP contribution in [0.25, 0.3) is 10.8 Å². The van der Waals surface area contributed by atoms with E-state index in [1.54, 1.807) is 43.5 Å². The number of hydrogen-bond donors (Lipinski definition) is 0. The molecule has 0 fully saturated rings. The molecule has 1 aliphatic rings. The number of carbonyl (C=O) groups is 3. The van der Waals surface area contributed by atoms with Crippen LogP contribution in [-0.4, -0.2) is 28.7 Å². The lowest BCUT2D eigenvalue weighted by atomic mass is 10.1. The summed E-state index contributed by atoms with van der Waals surface area (Å²) in [7, 11) is 0. The van der Waals surface area contributed by atoms with Crippen LogP contribution < -0.4 is 4.57 Å². The second-order valence-corrected chi connectivity index (χ2v) is 7.73. The van der Waals surface area contributed by atoms with Gasteiger partial charge < -0.3 is 0 Å². The van der Waals surface area contributed by atoms with Crippen molar-refractivity contribution in [3.63, 3.8) is 0 Å². The second-order valence-electron chi connectivity index (χ2n) is 6.87. The molecule has 0 saturated heterocycles. The lowest BCUT2D eigenvalue weighted by Gasteiger charge is -2.19. The van der Waals surface area contributed by atoms with Crippen molar-refractivity contribution in [2.24, 2.45) is 0 Å². The minimum absolute atomic E-state index is 0.327. The zero-order chi connectivity index (χ0) is 20.7. The first kappa shape index (κ1) is 19.2. The Balaban J connectivity index is 1.80. The molecular weight excluding hydrogens is 432 g/mol. The number of carbonyl (C=O) groups excluding carboxylic acids is 3. The van der Waals surface area contributed by atoms with E-state index in [1.165, 1.54) is 4.57 Å². The highest BCUT2D eigenvalue weighted by atomic mass is 79.9. The molecule has 1 unspecified atom stereocenters. The zero-order valence-electron chi connectivity index (χ0n) is 15.8. The molecule has 2 amide bonds. The van der Waals surface area contributed by atoms with Crippen molar-refractivity contribution in [1.82, 2.24) is 4.90 Å². The molecule has 5 nitrogen and oxygen atoms in total. The molecule has 4 rings (SSSR count). The molecule has 0 bridgehead atoms. The fourth-order valence-corrected chi connectivity index (χ4v) is 4.30. The molecule has 3 aromatic rings. The molecule has 6 heteroatoms. The van der Waals surface area contributed by atoms with Crippen molar-refractivity contribution < 1.29 is 19.0 Å². The van der Waals surface area contributed by atoms with E-state index in [4.69, 9.17) is 0 Å². The predicted molar refractivity (Wildman–Crippen MR) is 113 cm³/mol. The van der Waals surface area contributed by atoms with Gasteiger partial charge in [0.05, 0.1) is 27.4 Å². The quantitative estimate of drug-likeness (QED) is 0.344. The van der Waals surface area contributed by atoms with Crippen molar-refractivity contribution in [3.05, 3.63) is 88.7 Å². The number of pyridine rings is 1.